The number of amides is 1. The van der Waals surface area contributed by atoms with E-state index in [1.54, 1.807) is 31.2 Å². The number of aromatic nitrogens is 1. The quantitative estimate of drug-likeness (QED) is 0.286. The summed E-state index contributed by atoms with van der Waals surface area (Å²) < 4.78 is 0. The van der Waals surface area contributed by atoms with E-state index in [1.807, 2.05) is 49.3 Å². The van der Waals surface area contributed by atoms with E-state index in [-0.39, 0.29) is 5.78 Å². The van der Waals surface area contributed by atoms with Crippen LogP contribution in [-0.2, 0) is 9.59 Å². The second-order valence-corrected chi connectivity index (χ2v) is 9.74. The molecule has 1 fully saturated rings. The lowest BCUT2D eigenvalue weighted by Gasteiger charge is -2.28. The van der Waals surface area contributed by atoms with Crippen molar-refractivity contribution in [2.75, 3.05) is 27.2 Å². The molecule has 4 rings (SSSR count). The molecule has 6 nitrogen and oxygen atoms in total. The molecule has 2 atom stereocenters. The zero-order valence-electron chi connectivity index (χ0n) is 18.6. The molecule has 1 aliphatic heterocycles. The van der Waals surface area contributed by atoms with Gasteiger partial charge in [0.2, 0.25) is 5.78 Å². The number of rotatable bonds is 7. The fraction of sp³-hybridized carbons (Fsp3) is 0.280. The monoisotopic (exact) mass is 481 g/mol. The second-order valence-electron chi connectivity index (χ2n) is 8.30. The van der Waals surface area contributed by atoms with Gasteiger partial charge in [0.25, 0.3) is 5.91 Å². The molecule has 33 heavy (non-hydrogen) atoms. The number of likely N-dealkylation sites (N-methyl/N-ethyl adjacent to an activating group) is 1. The van der Waals surface area contributed by atoms with Gasteiger partial charge in [-0.1, -0.05) is 54.1 Å². The van der Waals surface area contributed by atoms with Crippen molar-refractivity contribution in [3.63, 3.8) is 0 Å². The maximum atomic E-state index is 13.7. The Morgan fingerprint density at radius 2 is 1.76 bits per heavy atom. The van der Waals surface area contributed by atoms with Crippen molar-refractivity contribution in [2.45, 2.75) is 13.0 Å². The third kappa shape index (κ3) is 4.62. The summed E-state index contributed by atoms with van der Waals surface area (Å²) in [5, 5.41) is 1.25. The smallest absolute Gasteiger partial charge is 0.291 e. The highest BCUT2D eigenvalue weighted by molar-refractivity contribution is 7.17. The summed E-state index contributed by atoms with van der Waals surface area (Å²) >= 11 is 7.32. The maximum absolute atomic E-state index is 13.7. The number of carbonyl (C=O) groups excluding carboxylic acids is 3. The Hall–Kier alpha value is -2.87. The molecule has 2 heterocycles. The largest absolute Gasteiger partial charge is 0.327 e. The van der Waals surface area contributed by atoms with Crippen molar-refractivity contribution in [3.8, 4) is 10.6 Å². The summed E-state index contributed by atoms with van der Waals surface area (Å²) in [4.78, 5) is 48.3. The molecule has 1 amide bonds. The number of hydrogen-bond acceptors (Lipinski definition) is 6. The molecular weight excluding hydrogens is 458 g/mol. The summed E-state index contributed by atoms with van der Waals surface area (Å²) in [5.74, 6) is -2.78. The lowest BCUT2D eigenvalue weighted by atomic mass is 9.88. The molecule has 2 aromatic carbocycles. The molecule has 1 aromatic heterocycles. The van der Waals surface area contributed by atoms with Crippen LogP contribution in [0.4, 0.5) is 0 Å². The SMILES string of the molecule is Cc1nc(-c2ccccc2)sc1C(=O)C1C(=O)C(=O)N(CCN(C)C)C1c1ccc(Cl)cc1. The first-order chi connectivity index (χ1) is 15.8. The Balaban J connectivity index is 1.74. The zero-order valence-corrected chi connectivity index (χ0v) is 20.2. The van der Waals surface area contributed by atoms with Crippen LogP contribution in [0, 0.1) is 12.8 Å². The van der Waals surface area contributed by atoms with Gasteiger partial charge in [-0.05, 0) is 38.7 Å². The predicted molar refractivity (Wildman–Crippen MR) is 130 cm³/mol. The fourth-order valence-electron chi connectivity index (χ4n) is 4.04. The topological polar surface area (TPSA) is 70.6 Å². The van der Waals surface area contributed by atoms with Gasteiger partial charge in [-0.15, -0.1) is 11.3 Å². The first-order valence-electron chi connectivity index (χ1n) is 10.6. The third-order valence-corrected chi connectivity index (χ3v) is 7.20. The Labute approximate surface area is 201 Å². The van der Waals surface area contributed by atoms with Crippen LogP contribution in [0.3, 0.4) is 0 Å². The van der Waals surface area contributed by atoms with Gasteiger partial charge in [0.05, 0.1) is 16.6 Å². The number of thiazole rings is 1. The molecule has 2 unspecified atom stereocenters. The molecule has 3 aromatic rings. The minimum atomic E-state index is -1.12. The molecule has 1 aliphatic rings. The Bertz CT molecular complexity index is 1190. The number of aryl methyl sites for hydroxylation is 1. The van der Waals surface area contributed by atoms with Crippen molar-refractivity contribution in [3.05, 3.63) is 75.8 Å². The second kappa shape index (κ2) is 9.55. The molecule has 0 spiro atoms. The summed E-state index contributed by atoms with van der Waals surface area (Å²) in [6, 6.07) is 15.9. The van der Waals surface area contributed by atoms with Gasteiger partial charge in [-0.2, -0.15) is 0 Å². The van der Waals surface area contributed by atoms with Crippen molar-refractivity contribution in [1.82, 2.24) is 14.8 Å². The summed E-state index contributed by atoms with van der Waals surface area (Å²) in [7, 11) is 3.79. The van der Waals surface area contributed by atoms with Crippen molar-refractivity contribution in [2.24, 2.45) is 5.92 Å². The average molecular weight is 482 g/mol. The summed E-state index contributed by atoms with van der Waals surface area (Å²) in [6.45, 7) is 2.67. The fourth-order valence-corrected chi connectivity index (χ4v) is 5.21. The van der Waals surface area contributed by atoms with Gasteiger partial charge in [0, 0.05) is 23.7 Å². The van der Waals surface area contributed by atoms with E-state index in [4.69, 9.17) is 11.6 Å². The Morgan fingerprint density at radius 1 is 1.09 bits per heavy atom. The van der Waals surface area contributed by atoms with Crippen LogP contribution in [0.2, 0.25) is 5.02 Å². The molecule has 170 valence electrons. The normalized spacial score (nSPS) is 18.4. The Kier molecular flexibility index (Phi) is 6.74. The first-order valence-corrected chi connectivity index (χ1v) is 11.8. The molecule has 0 bridgehead atoms. The van der Waals surface area contributed by atoms with E-state index in [0.29, 0.717) is 39.3 Å². The van der Waals surface area contributed by atoms with Crippen molar-refractivity contribution < 1.29 is 14.4 Å². The molecule has 0 radical (unpaired) electrons. The van der Waals surface area contributed by atoms with Gasteiger partial charge in [0.15, 0.2) is 5.78 Å². The summed E-state index contributed by atoms with van der Waals surface area (Å²) in [5.41, 5.74) is 2.17. The van der Waals surface area contributed by atoms with E-state index in [2.05, 4.69) is 4.98 Å². The average Bonchev–Trinajstić information content (AvgIpc) is 3.31. The highest BCUT2D eigenvalue weighted by Crippen LogP contribution is 2.40. The number of nitrogens with zero attached hydrogens (tertiary/aromatic N) is 3. The van der Waals surface area contributed by atoms with Gasteiger partial charge >= 0.3 is 0 Å². The van der Waals surface area contributed by atoms with Crippen LogP contribution >= 0.6 is 22.9 Å². The van der Waals surface area contributed by atoms with Gasteiger partial charge in [0.1, 0.15) is 10.9 Å². The highest BCUT2D eigenvalue weighted by Gasteiger charge is 2.52. The van der Waals surface area contributed by atoms with Gasteiger partial charge < -0.3 is 9.80 Å². The van der Waals surface area contributed by atoms with Crippen LogP contribution in [0.5, 0.6) is 0 Å². The first kappa shape index (κ1) is 23.3. The number of likely N-dealkylation sites (tertiary alicyclic amines) is 1. The molecule has 1 saturated heterocycles. The maximum Gasteiger partial charge on any atom is 0.291 e. The van der Waals surface area contributed by atoms with E-state index < -0.39 is 23.7 Å². The van der Waals surface area contributed by atoms with Gasteiger partial charge in [-0.25, -0.2) is 4.98 Å². The van der Waals surface area contributed by atoms with Crippen LogP contribution in [0.15, 0.2) is 54.6 Å². The molecule has 0 aliphatic carbocycles. The number of hydrogen-bond donors (Lipinski definition) is 0. The highest BCUT2D eigenvalue weighted by atomic mass is 35.5. The number of Topliss-reactive ketones (excluding diaryl/α,β-unsaturated/α-hetero) is 2. The van der Waals surface area contributed by atoms with Crippen LogP contribution in [0.25, 0.3) is 10.6 Å². The molecule has 0 saturated carbocycles. The van der Waals surface area contributed by atoms with Crippen LogP contribution < -0.4 is 0 Å². The molecule has 0 N–H and O–H groups in total. The van der Waals surface area contributed by atoms with E-state index in [9.17, 15) is 14.4 Å². The van der Waals surface area contributed by atoms with Gasteiger partial charge in [-0.3, -0.25) is 14.4 Å². The minimum Gasteiger partial charge on any atom is -0.327 e. The van der Waals surface area contributed by atoms with Crippen LogP contribution in [0.1, 0.15) is 27.0 Å². The zero-order chi connectivity index (χ0) is 23.7. The van der Waals surface area contributed by atoms with Crippen LogP contribution in [-0.4, -0.2) is 59.4 Å². The number of halogens is 1. The third-order valence-electron chi connectivity index (χ3n) is 5.73. The van der Waals surface area contributed by atoms with E-state index in [0.717, 1.165) is 5.56 Å². The standard InChI is InChI=1S/C25H24ClN3O3S/c1-15-23(33-24(27-15)17-7-5-4-6-8-17)21(30)19-20(16-9-11-18(26)12-10-16)29(14-13-28(2)3)25(32)22(19)31/h4-12,19-20H,13-14H2,1-3H3. The predicted octanol–water partition coefficient (Wildman–Crippen LogP) is 4.29. The lowest BCUT2D eigenvalue weighted by Crippen LogP contribution is -2.36. The molecular formula is C25H24ClN3O3S. The number of carbonyl (C=O) groups is 3. The lowest BCUT2D eigenvalue weighted by molar-refractivity contribution is -0.140. The van der Waals surface area contributed by atoms with Crippen molar-refractivity contribution >= 4 is 40.4 Å². The minimum absolute atomic E-state index is 0.339. The van der Waals surface area contributed by atoms with E-state index in [1.165, 1.54) is 16.2 Å². The summed E-state index contributed by atoms with van der Waals surface area (Å²) in [6.07, 6.45) is 0. The number of ketones is 2. The molecule has 8 heteroatoms. The van der Waals surface area contributed by atoms with Crippen molar-refractivity contribution in [1.29, 1.82) is 0 Å². The Morgan fingerprint density at radius 3 is 2.39 bits per heavy atom. The van der Waals surface area contributed by atoms with E-state index >= 15 is 0 Å². The number of benzene rings is 2.